The molecule has 100 valence electrons. The van der Waals surface area contributed by atoms with Crippen LogP contribution in [0.1, 0.15) is 43.2 Å². The van der Waals surface area contributed by atoms with E-state index >= 15 is 0 Å². The summed E-state index contributed by atoms with van der Waals surface area (Å²) in [6.45, 7) is 8.08. The number of nitrogens with zero attached hydrogens (tertiary/aromatic N) is 1. The maximum Gasteiger partial charge on any atom is 0.255 e. The van der Waals surface area contributed by atoms with E-state index in [0.29, 0.717) is 17.2 Å². The van der Waals surface area contributed by atoms with Crippen molar-refractivity contribution in [2.24, 2.45) is 11.8 Å². The van der Waals surface area contributed by atoms with E-state index in [-0.39, 0.29) is 11.9 Å². The number of hydrogen-bond acceptors (Lipinski definition) is 4. The summed E-state index contributed by atoms with van der Waals surface area (Å²) in [7, 11) is 0. The molecule has 1 aromatic heterocycles. The molecule has 0 saturated carbocycles. The molecule has 0 aliphatic carbocycles. The van der Waals surface area contributed by atoms with Crippen molar-refractivity contribution in [2.45, 2.75) is 40.2 Å². The first-order valence-electron chi connectivity index (χ1n) is 6.23. The van der Waals surface area contributed by atoms with Crippen LogP contribution in [-0.2, 0) is 0 Å². The lowest BCUT2D eigenvalue weighted by Crippen LogP contribution is -2.38. The van der Waals surface area contributed by atoms with Gasteiger partial charge in [0.1, 0.15) is 0 Å². The van der Waals surface area contributed by atoms with E-state index < -0.39 is 0 Å². The molecular weight excluding hydrogens is 228 g/mol. The maximum absolute atomic E-state index is 12.2. The van der Waals surface area contributed by atoms with Crippen LogP contribution in [0.15, 0.2) is 12.3 Å². The van der Waals surface area contributed by atoms with Crippen molar-refractivity contribution in [3.63, 3.8) is 0 Å². The van der Waals surface area contributed by atoms with Crippen LogP contribution in [0.25, 0.3) is 0 Å². The predicted molar refractivity (Wildman–Crippen MR) is 73.2 cm³/mol. The minimum absolute atomic E-state index is 0.143. The summed E-state index contributed by atoms with van der Waals surface area (Å²) in [4.78, 5) is 16.3. The van der Waals surface area contributed by atoms with Crippen molar-refractivity contribution in [1.29, 1.82) is 0 Å². The number of carbonyl (C=O) groups excluding carboxylic acids is 1. The second kappa shape index (κ2) is 6.35. The number of hydrogen-bond donors (Lipinski definition) is 3. The Morgan fingerprint density at radius 2 is 2.17 bits per heavy atom. The fraction of sp³-hybridized carbons (Fsp3) is 0.538. The Labute approximate surface area is 108 Å². The Hall–Kier alpha value is -1.62. The smallest absolute Gasteiger partial charge is 0.255 e. The molecule has 1 aromatic rings. The predicted octanol–water partition coefficient (Wildman–Crippen LogP) is 1.84. The average Bonchev–Trinajstić information content (AvgIpc) is 2.34. The van der Waals surface area contributed by atoms with E-state index in [9.17, 15) is 4.79 Å². The summed E-state index contributed by atoms with van der Waals surface area (Å²) < 4.78 is 0. The molecule has 5 nitrogen and oxygen atoms in total. The molecule has 1 unspecified atom stereocenters. The third kappa shape index (κ3) is 3.43. The van der Waals surface area contributed by atoms with E-state index in [2.05, 4.69) is 36.5 Å². The summed E-state index contributed by atoms with van der Waals surface area (Å²) in [5, 5.41) is 3.00. The maximum atomic E-state index is 12.2. The third-order valence-electron chi connectivity index (χ3n) is 3.00. The molecule has 5 heteroatoms. The summed E-state index contributed by atoms with van der Waals surface area (Å²) in [5.74, 6) is 5.68. The second-order valence-corrected chi connectivity index (χ2v) is 4.75. The molecule has 0 aromatic carbocycles. The molecule has 1 heterocycles. The largest absolute Gasteiger partial charge is 0.349 e. The van der Waals surface area contributed by atoms with Gasteiger partial charge in [0.2, 0.25) is 0 Å². The molecule has 0 saturated heterocycles. The van der Waals surface area contributed by atoms with Gasteiger partial charge in [-0.2, -0.15) is 0 Å². The number of amides is 1. The number of anilines is 1. The number of aryl methyl sites for hydroxylation is 1. The molecular formula is C13H22N4O. The number of carbonyl (C=O) groups is 1. The van der Waals surface area contributed by atoms with E-state index in [1.165, 1.54) is 0 Å². The standard InChI is InChI=1S/C13H22N4O/c1-5-11(8(2)3)16-13(18)10-7-15-9(4)6-12(10)17-14/h6-8,11H,5,14H2,1-4H3,(H,15,17)(H,16,18). The van der Waals surface area contributed by atoms with Crippen molar-refractivity contribution in [2.75, 3.05) is 5.43 Å². The van der Waals surface area contributed by atoms with Gasteiger partial charge in [0.25, 0.3) is 5.91 Å². The number of aromatic nitrogens is 1. The normalized spacial score (nSPS) is 12.3. The van der Waals surface area contributed by atoms with Gasteiger partial charge in [-0.25, -0.2) is 0 Å². The molecule has 0 bridgehead atoms. The minimum atomic E-state index is -0.143. The summed E-state index contributed by atoms with van der Waals surface area (Å²) in [5.41, 5.74) is 4.42. The first kappa shape index (κ1) is 14.4. The van der Waals surface area contributed by atoms with Crippen molar-refractivity contribution in [3.8, 4) is 0 Å². The molecule has 4 N–H and O–H groups in total. The molecule has 0 aliphatic heterocycles. The Morgan fingerprint density at radius 3 is 2.67 bits per heavy atom. The molecule has 0 spiro atoms. The highest BCUT2D eigenvalue weighted by Gasteiger charge is 2.17. The molecule has 0 radical (unpaired) electrons. The molecule has 0 fully saturated rings. The molecule has 1 atom stereocenters. The van der Waals surface area contributed by atoms with Crippen molar-refractivity contribution >= 4 is 11.6 Å². The lowest BCUT2D eigenvalue weighted by atomic mass is 10.0. The number of nitrogens with one attached hydrogen (secondary N) is 2. The van der Waals surface area contributed by atoms with Crippen LogP contribution >= 0.6 is 0 Å². The fourth-order valence-electron chi connectivity index (χ4n) is 1.85. The highest BCUT2D eigenvalue weighted by atomic mass is 16.1. The van der Waals surface area contributed by atoms with E-state index in [0.717, 1.165) is 12.1 Å². The quantitative estimate of drug-likeness (QED) is 0.550. The Morgan fingerprint density at radius 1 is 1.50 bits per heavy atom. The van der Waals surface area contributed by atoms with E-state index in [4.69, 9.17) is 5.84 Å². The average molecular weight is 250 g/mol. The molecule has 1 rings (SSSR count). The van der Waals surface area contributed by atoms with Gasteiger partial charge < -0.3 is 10.7 Å². The zero-order valence-corrected chi connectivity index (χ0v) is 11.4. The van der Waals surface area contributed by atoms with Crippen LogP contribution in [0.4, 0.5) is 5.69 Å². The molecule has 0 aliphatic rings. The molecule has 1 amide bonds. The first-order valence-corrected chi connectivity index (χ1v) is 6.23. The van der Waals surface area contributed by atoms with Crippen LogP contribution in [0, 0.1) is 12.8 Å². The van der Waals surface area contributed by atoms with Crippen molar-refractivity contribution in [1.82, 2.24) is 10.3 Å². The minimum Gasteiger partial charge on any atom is -0.349 e. The topological polar surface area (TPSA) is 80.0 Å². The first-order chi connectivity index (χ1) is 8.49. The Bertz CT molecular complexity index is 417. The number of hydrazine groups is 1. The van der Waals surface area contributed by atoms with Gasteiger partial charge in [-0.05, 0) is 25.3 Å². The van der Waals surface area contributed by atoms with Crippen molar-refractivity contribution in [3.05, 3.63) is 23.5 Å². The van der Waals surface area contributed by atoms with Gasteiger partial charge in [-0.1, -0.05) is 20.8 Å². The SMILES string of the molecule is CCC(NC(=O)c1cnc(C)cc1NN)C(C)C. The summed E-state index contributed by atoms with van der Waals surface area (Å²) in [6.07, 6.45) is 2.45. The van der Waals surface area contributed by atoms with Gasteiger partial charge in [0.05, 0.1) is 11.3 Å². The highest BCUT2D eigenvalue weighted by Crippen LogP contribution is 2.15. The van der Waals surface area contributed by atoms with Crippen LogP contribution in [0.5, 0.6) is 0 Å². The summed E-state index contributed by atoms with van der Waals surface area (Å²) >= 11 is 0. The van der Waals surface area contributed by atoms with Gasteiger partial charge >= 0.3 is 0 Å². The Balaban J connectivity index is 2.90. The zero-order valence-electron chi connectivity index (χ0n) is 11.4. The number of pyridine rings is 1. The van der Waals surface area contributed by atoms with Gasteiger partial charge in [0.15, 0.2) is 0 Å². The monoisotopic (exact) mass is 250 g/mol. The van der Waals surface area contributed by atoms with Gasteiger partial charge in [0, 0.05) is 17.9 Å². The number of rotatable bonds is 5. The number of nitrogen functional groups attached to an aromatic ring is 1. The van der Waals surface area contributed by atoms with Gasteiger partial charge in [-0.3, -0.25) is 15.6 Å². The second-order valence-electron chi connectivity index (χ2n) is 4.75. The van der Waals surface area contributed by atoms with Crippen LogP contribution < -0.4 is 16.6 Å². The third-order valence-corrected chi connectivity index (χ3v) is 3.00. The van der Waals surface area contributed by atoms with Crippen LogP contribution in [-0.4, -0.2) is 16.9 Å². The summed E-state index contributed by atoms with van der Waals surface area (Å²) in [6, 6.07) is 1.91. The van der Waals surface area contributed by atoms with Crippen LogP contribution in [0.2, 0.25) is 0 Å². The fourth-order valence-corrected chi connectivity index (χ4v) is 1.85. The highest BCUT2D eigenvalue weighted by molar-refractivity contribution is 5.99. The van der Waals surface area contributed by atoms with E-state index in [1.807, 2.05) is 6.92 Å². The van der Waals surface area contributed by atoms with Crippen molar-refractivity contribution < 1.29 is 4.79 Å². The van der Waals surface area contributed by atoms with Crippen LogP contribution in [0.3, 0.4) is 0 Å². The lowest BCUT2D eigenvalue weighted by molar-refractivity contribution is 0.0925. The Kier molecular flexibility index (Phi) is 5.09. The lowest BCUT2D eigenvalue weighted by Gasteiger charge is -2.21. The van der Waals surface area contributed by atoms with Gasteiger partial charge in [-0.15, -0.1) is 0 Å². The number of nitrogens with two attached hydrogens (primary N) is 1. The van der Waals surface area contributed by atoms with E-state index in [1.54, 1.807) is 12.3 Å². The molecule has 18 heavy (non-hydrogen) atoms. The zero-order chi connectivity index (χ0) is 13.7.